The number of hydrogen-bond donors (Lipinski definition) is 0. The standard InChI is InChI=1S/C24H22N2O6S/c1-3-32-24(27)15-23-20-7-5-4-6-19(20)21-13-10-17(26(28)29)14-22(21)25(23)33(30,31)18-11-8-16(2)9-12-18/h4-14,23H,3,15H2,1-2H3. The molecule has 1 atom stereocenters. The lowest BCUT2D eigenvalue weighted by Gasteiger charge is -2.38. The molecule has 3 aromatic rings. The van der Waals surface area contributed by atoms with Crippen LogP contribution >= 0.6 is 0 Å². The van der Waals surface area contributed by atoms with E-state index in [0.717, 1.165) is 9.87 Å². The van der Waals surface area contributed by atoms with Crippen molar-refractivity contribution in [2.75, 3.05) is 10.9 Å². The second kappa shape index (κ2) is 8.67. The van der Waals surface area contributed by atoms with Crippen LogP contribution in [0, 0.1) is 17.0 Å². The second-order valence-electron chi connectivity index (χ2n) is 7.68. The number of esters is 1. The number of nitro benzene ring substituents is 1. The van der Waals surface area contributed by atoms with E-state index in [1.165, 1.54) is 24.3 Å². The molecule has 0 radical (unpaired) electrons. The van der Waals surface area contributed by atoms with Gasteiger partial charge in [0.2, 0.25) is 0 Å². The Balaban J connectivity index is 1.99. The maximum atomic E-state index is 13.9. The summed E-state index contributed by atoms with van der Waals surface area (Å²) in [4.78, 5) is 23.5. The minimum Gasteiger partial charge on any atom is -0.466 e. The number of non-ortho nitro benzene ring substituents is 1. The topological polar surface area (TPSA) is 107 Å². The molecule has 4 rings (SSSR count). The molecule has 0 saturated heterocycles. The molecule has 33 heavy (non-hydrogen) atoms. The van der Waals surface area contributed by atoms with Crippen molar-refractivity contribution in [1.82, 2.24) is 0 Å². The molecule has 0 spiro atoms. The first-order chi connectivity index (χ1) is 15.7. The number of aryl methyl sites for hydroxylation is 1. The molecule has 0 fully saturated rings. The quantitative estimate of drug-likeness (QED) is 0.294. The molecule has 0 aromatic heterocycles. The van der Waals surface area contributed by atoms with Gasteiger partial charge in [-0.1, -0.05) is 42.0 Å². The van der Waals surface area contributed by atoms with E-state index in [9.17, 15) is 23.3 Å². The zero-order valence-electron chi connectivity index (χ0n) is 18.1. The summed E-state index contributed by atoms with van der Waals surface area (Å²) in [5.41, 5.74) is 2.67. The van der Waals surface area contributed by atoms with Gasteiger partial charge < -0.3 is 4.74 Å². The first kappa shape index (κ1) is 22.5. The van der Waals surface area contributed by atoms with E-state index in [1.54, 1.807) is 43.3 Å². The number of carbonyl (C=O) groups is 1. The lowest BCUT2D eigenvalue weighted by atomic mass is 9.88. The van der Waals surface area contributed by atoms with Gasteiger partial charge in [0.05, 0.1) is 34.6 Å². The number of anilines is 1. The Hall–Kier alpha value is -3.72. The molecule has 1 aliphatic heterocycles. The lowest BCUT2D eigenvalue weighted by molar-refractivity contribution is -0.384. The van der Waals surface area contributed by atoms with Gasteiger partial charge >= 0.3 is 5.97 Å². The molecule has 0 saturated carbocycles. The summed E-state index contributed by atoms with van der Waals surface area (Å²) in [7, 11) is -4.18. The van der Waals surface area contributed by atoms with Crippen LogP contribution in [0.4, 0.5) is 11.4 Å². The van der Waals surface area contributed by atoms with Crippen molar-refractivity contribution in [3.63, 3.8) is 0 Å². The first-order valence-corrected chi connectivity index (χ1v) is 11.8. The van der Waals surface area contributed by atoms with Gasteiger partial charge in [-0.25, -0.2) is 8.42 Å². The Labute approximate surface area is 191 Å². The number of rotatable bonds is 6. The summed E-state index contributed by atoms with van der Waals surface area (Å²) < 4.78 is 34.1. The summed E-state index contributed by atoms with van der Waals surface area (Å²) in [5, 5.41) is 11.5. The molecule has 8 nitrogen and oxygen atoms in total. The predicted molar refractivity (Wildman–Crippen MR) is 123 cm³/mol. The summed E-state index contributed by atoms with van der Waals surface area (Å²) in [5.74, 6) is -0.560. The maximum absolute atomic E-state index is 13.9. The number of nitrogens with zero attached hydrogens (tertiary/aromatic N) is 2. The minimum atomic E-state index is -4.18. The average molecular weight is 467 g/mol. The first-order valence-electron chi connectivity index (χ1n) is 10.4. The number of carbonyl (C=O) groups excluding carboxylic acids is 1. The highest BCUT2D eigenvalue weighted by Gasteiger charge is 2.41. The zero-order chi connectivity index (χ0) is 23.8. The molecular weight excluding hydrogens is 444 g/mol. The normalized spacial score (nSPS) is 14.8. The lowest BCUT2D eigenvalue weighted by Crippen LogP contribution is -2.39. The van der Waals surface area contributed by atoms with Gasteiger partial charge in [-0.3, -0.25) is 19.2 Å². The summed E-state index contributed by atoms with van der Waals surface area (Å²) in [6, 6.07) is 16.7. The summed E-state index contributed by atoms with van der Waals surface area (Å²) in [6.45, 7) is 3.67. The third-order valence-electron chi connectivity index (χ3n) is 5.57. The molecule has 0 bridgehead atoms. The smallest absolute Gasteiger partial charge is 0.308 e. The van der Waals surface area contributed by atoms with Crippen LogP contribution in [-0.4, -0.2) is 25.9 Å². The minimum absolute atomic E-state index is 0.0267. The zero-order valence-corrected chi connectivity index (χ0v) is 18.9. The van der Waals surface area contributed by atoms with E-state index >= 15 is 0 Å². The number of fused-ring (bicyclic) bond motifs is 3. The molecule has 1 unspecified atom stereocenters. The van der Waals surface area contributed by atoms with E-state index in [1.807, 2.05) is 13.0 Å². The maximum Gasteiger partial charge on any atom is 0.308 e. The highest BCUT2D eigenvalue weighted by atomic mass is 32.2. The van der Waals surface area contributed by atoms with Crippen LogP contribution in [-0.2, 0) is 19.6 Å². The Bertz CT molecular complexity index is 1340. The molecule has 0 amide bonds. The van der Waals surface area contributed by atoms with Crippen LogP contribution in [0.5, 0.6) is 0 Å². The fourth-order valence-corrected chi connectivity index (χ4v) is 5.70. The molecule has 170 valence electrons. The van der Waals surface area contributed by atoms with Crippen LogP contribution in [0.2, 0.25) is 0 Å². The Morgan fingerprint density at radius 1 is 1.06 bits per heavy atom. The fraction of sp³-hybridized carbons (Fsp3) is 0.208. The molecule has 0 aliphatic carbocycles. The SMILES string of the molecule is CCOC(=O)CC1c2ccccc2-c2ccc([N+](=O)[O-])cc2N1S(=O)(=O)c1ccc(C)cc1. The van der Waals surface area contributed by atoms with Gasteiger partial charge in [0.1, 0.15) is 0 Å². The Morgan fingerprint density at radius 2 is 1.76 bits per heavy atom. The van der Waals surface area contributed by atoms with Crippen LogP contribution in [0.25, 0.3) is 11.1 Å². The molecular formula is C24H22N2O6S. The predicted octanol–water partition coefficient (Wildman–Crippen LogP) is 4.77. The van der Waals surface area contributed by atoms with Crippen molar-refractivity contribution in [2.45, 2.75) is 31.2 Å². The van der Waals surface area contributed by atoms with Gasteiger partial charge in [-0.15, -0.1) is 0 Å². The molecule has 0 N–H and O–H groups in total. The van der Waals surface area contributed by atoms with Crippen LogP contribution in [0.3, 0.4) is 0 Å². The third kappa shape index (κ3) is 4.07. The number of sulfonamides is 1. The monoisotopic (exact) mass is 466 g/mol. The largest absolute Gasteiger partial charge is 0.466 e. The highest BCUT2D eigenvalue weighted by molar-refractivity contribution is 7.92. The van der Waals surface area contributed by atoms with Gasteiger partial charge in [0.25, 0.3) is 15.7 Å². The van der Waals surface area contributed by atoms with Gasteiger partial charge in [0.15, 0.2) is 0 Å². The van der Waals surface area contributed by atoms with Crippen molar-refractivity contribution < 1.29 is 22.9 Å². The van der Waals surface area contributed by atoms with Crippen molar-refractivity contribution >= 4 is 27.4 Å². The number of nitro groups is 1. The van der Waals surface area contributed by atoms with Crippen LogP contribution in [0.15, 0.2) is 71.6 Å². The Morgan fingerprint density at radius 3 is 2.42 bits per heavy atom. The van der Waals surface area contributed by atoms with E-state index < -0.39 is 27.0 Å². The van der Waals surface area contributed by atoms with Crippen molar-refractivity contribution in [1.29, 1.82) is 0 Å². The van der Waals surface area contributed by atoms with E-state index in [-0.39, 0.29) is 29.3 Å². The van der Waals surface area contributed by atoms with Gasteiger partial charge in [0, 0.05) is 17.7 Å². The molecule has 1 aliphatic rings. The van der Waals surface area contributed by atoms with Crippen LogP contribution < -0.4 is 4.31 Å². The number of hydrogen-bond acceptors (Lipinski definition) is 6. The van der Waals surface area contributed by atoms with E-state index in [4.69, 9.17) is 4.74 Å². The van der Waals surface area contributed by atoms with Crippen molar-refractivity contribution in [3.8, 4) is 11.1 Å². The number of benzene rings is 3. The third-order valence-corrected chi connectivity index (χ3v) is 7.40. The second-order valence-corrected chi connectivity index (χ2v) is 9.50. The van der Waals surface area contributed by atoms with Crippen molar-refractivity contribution in [2.24, 2.45) is 0 Å². The van der Waals surface area contributed by atoms with Crippen molar-refractivity contribution in [3.05, 3.63) is 88.0 Å². The number of ether oxygens (including phenoxy) is 1. The Kier molecular flexibility index (Phi) is 5.90. The van der Waals surface area contributed by atoms with E-state index in [0.29, 0.717) is 16.7 Å². The molecule has 1 heterocycles. The summed E-state index contributed by atoms with van der Waals surface area (Å²) in [6.07, 6.45) is -0.238. The molecule has 9 heteroatoms. The van der Waals surface area contributed by atoms with Crippen LogP contribution in [0.1, 0.15) is 30.5 Å². The van der Waals surface area contributed by atoms with Gasteiger partial charge in [-0.2, -0.15) is 0 Å². The molecule has 3 aromatic carbocycles. The summed E-state index contributed by atoms with van der Waals surface area (Å²) >= 11 is 0. The fourth-order valence-electron chi connectivity index (χ4n) is 4.06. The van der Waals surface area contributed by atoms with Gasteiger partial charge in [-0.05, 0) is 43.2 Å². The van der Waals surface area contributed by atoms with E-state index in [2.05, 4.69) is 0 Å². The highest BCUT2D eigenvalue weighted by Crippen LogP contribution is 2.49. The average Bonchev–Trinajstić information content (AvgIpc) is 2.79.